The predicted octanol–water partition coefficient (Wildman–Crippen LogP) is -0.239. The molecule has 0 unspecified atom stereocenters. The second-order valence-electron chi connectivity index (χ2n) is 2.25. The number of carbonyl (C=O) groups excluding carboxylic acids is 1. The van der Waals surface area contributed by atoms with Crippen molar-refractivity contribution < 1.29 is 4.79 Å². The Hall–Kier alpha value is -1.76. The van der Waals surface area contributed by atoms with E-state index in [1.54, 1.807) is 18.7 Å². The fourth-order valence-electron chi connectivity index (χ4n) is 0.866. The fourth-order valence-corrected chi connectivity index (χ4v) is 0.866. The summed E-state index contributed by atoms with van der Waals surface area (Å²) in [5.74, 6) is 2.50. The van der Waals surface area contributed by atoms with Gasteiger partial charge < -0.3 is 9.88 Å². The minimum absolute atomic E-state index is 0.237. The zero-order chi connectivity index (χ0) is 9.14. The van der Waals surface area contributed by atoms with Gasteiger partial charge in [-0.1, -0.05) is 5.92 Å². The Morgan fingerprint density at radius 2 is 2.50 bits per heavy atom. The zero-order valence-corrected chi connectivity index (χ0v) is 6.96. The van der Waals surface area contributed by atoms with Crippen molar-refractivity contribution in [1.82, 2.24) is 14.9 Å². The molecule has 0 atom stereocenters. The van der Waals surface area contributed by atoms with Gasteiger partial charge in [0.15, 0.2) is 5.82 Å². The van der Waals surface area contributed by atoms with Crippen molar-refractivity contribution in [3.05, 3.63) is 17.7 Å². The number of carbonyl (C=O) groups is 1. The van der Waals surface area contributed by atoms with E-state index in [4.69, 9.17) is 6.42 Å². The molecule has 1 aromatic rings. The van der Waals surface area contributed by atoms with E-state index in [0.717, 1.165) is 0 Å². The van der Waals surface area contributed by atoms with E-state index < -0.39 is 0 Å². The van der Waals surface area contributed by atoms with Crippen LogP contribution < -0.4 is 5.32 Å². The summed E-state index contributed by atoms with van der Waals surface area (Å²) >= 11 is 0. The molecule has 1 N–H and O–H groups in total. The Bertz CT molecular complexity index is 346. The summed E-state index contributed by atoms with van der Waals surface area (Å²) in [4.78, 5) is 15.0. The monoisotopic (exact) mass is 163 g/mol. The molecule has 0 saturated carbocycles. The molecule has 0 fully saturated rings. The number of amides is 1. The smallest absolute Gasteiger partial charge is 0.287 e. The van der Waals surface area contributed by atoms with Crippen LogP contribution in [-0.2, 0) is 7.05 Å². The van der Waals surface area contributed by atoms with Crippen LogP contribution in [0.15, 0.2) is 6.20 Å². The third-order valence-electron chi connectivity index (χ3n) is 1.57. The van der Waals surface area contributed by atoms with Crippen LogP contribution in [0.25, 0.3) is 0 Å². The molecule has 0 aromatic carbocycles. The van der Waals surface area contributed by atoms with Crippen molar-refractivity contribution in [3.8, 4) is 12.3 Å². The number of hydrogen-bond acceptors (Lipinski definition) is 2. The molecule has 0 aliphatic carbocycles. The lowest BCUT2D eigenvalue weighted by molar-refractivity contribution is 0.0949. The third-order valence-corrected chi connectivity index (χ3v) is 1.57. The highest BCUT2D eigenvalue weighted by Crippen LogP contribution is 2.00. The average Bonchev–Trinajstić information content (AvgIpc) is 2.45. The number of rotatable bonds is 1. The highest BCUT2D eigenvalue weighted by atomic mass is 16.2. The standard InChI is InChI=1S/C8H9N3O/c1-4-6-5-10-7(11(6)3)8(12)9-2/h1,5H,2-3H3,(H,9,12). The predicted molar refractivity (Wildman–Crippen MR) is 44.5 cm³/mol. The van der Waals surface area contributed by atoms with Gasteiger partial charge in [0, 0.05) is 14.1 Å². The maximum absolute atomic E-state index is 11.1. The van der Waals surface area contributed by atoms with Crippen molar-refractivity contribution in [2.24, 2.45) is 7.05 Å². The highest BCUT2D eigenvalue weighted by molar-refractivity contribution is 5.90. The topological polar surface area (TPSA) is 46.9 Å². The molecule has 4 heteroatoms. The van der Waals surface area contributed by atoms with Gasteiger partial charge in [-0.15, -0.1) is 6.42 Å². The molecule has 0 aliphatic heterocycles. The Balaban J connectivity index is 3.12. The van der Waals surface area contributed by atoms with Gasteiger partial charge in [-0.3, -0.25) is 4.79 Å². The van der Waals surface area contributed by atoms with Crippen LogP contribution in [0, 0.1) is 12.3 Å². The summed E-state index contributed by atoms with van der Waals surface area (Å²) in [7, 11) is 3.25. The van der Waals surface area contributed by atoms with E-state index in [2.05, 4.69) is 16.2 Å². The van der Waals surface area contributed by atoms with Crippen molar-refractivity contribution in [1.29, 1.82) is 0 Å². The summed E-state index contributed by atoms with van der Waals surface area (Å²) < 4.78 is 1.57. The van der Waals surface area contributed by atoms with Gasteiger partial charge in [0.2, 0.25) is 0 Å². The van der Waals surface area contributed by atoms with Crippen LogP contribution in [-0.4, -0.2) is 22.5 Å². The van der Waals surface area contributed by atoms with Gasteiger partial charge in [-0.25, -0.2) is 4.98 Å². The summed E-state index contributed by atoms with van der Waals surface area (Å²) in [6.07, 6.45) is 6.65. The van der Waals surface area contributed by atoms with Gasteiger partial charge in [-0.05, 0) is 0 Å². The van der Waals surface area contributed by atoms with Crippen LogP contribution in [0.4, 0.5) is 0 Å². The highest BCUT2D eigenvalue weighted by Gasteiger charge is 2.10. The number of nitrogens with one attached hydrogen (secondary N) is 1. The Morgan fingerprint density at radius 3 is 2.92 bits per heavy atom. The van der Waals surface area contributed by atoms with E-state index in [0.29, 0.717) is 11.5 Å². The second-order valence-corrected chi connectivity index (χ2v) is 2.25. The summed E-state index contributed by atoms with van der Waals surface area (Å²) in [5.41, 5.74) is 0.591. The van der Waals surface area contributed by atoms with E-state index in [-0.39, 0.29) is 5.91 Å². The maximum Gasteiger partial charge on any atom is 0.287 e. The summed E-state index contributed by atoms with van der Waals surface area (Å²) in [5, 5.41) is 2.47. The van der Waals surface area contributed by atoms with Gasteiger partial charge in [0.25, 0.3) is 5.91 Å². The van der Waals surface area contributed by atoms with Crippen molar-refractivity contribution in [2.75, 3.05) is 7.05 Å². The molecule has 1 rings (SSSR count). The lowest BCUT2D eigenvalue weighted by atomic mass is 10.5. The molecule has 1 amide bonds. The molecule has 12 heavy (non-hydrogen) atoms. The third kappa shape index (κ3) is 1.17. The number of aromatic nitrogens is 2. The first-order valence-electron chi connectivity index (χ1n) is 3.41. The molecular formula is C8H9N3O. The van der Waals surface area contributed by atoms with Gasteiger partial charge >= 0.3 is 0 Å². The van der Waals surface area contributed by atoms with Crippen molar-refractivity contribution >= 4 is 5.91 Å². The van der Waals surface area contributed by atoms with Crippen molar-refractivity contribution in [2.45, 2.75) is 0 Å². The molecule has 0 saturated heterocycles. The lowest BCUT2D eigenvalue weighted by Gasteiger charge is -1.99. The minimum atomic E-state index is -0.237. The lowest BCUT2D eigenvalue weighted by Crippen LogP contribution is -2.22. The van der Waals surface area contributed by atoms with Crippen LogP contribution in [0.2, 0.25) is 0 Å². The molecule has 1 heterocycles. The molecule has 0 bridgehead atoms. The van der Waals surface area contributed by atoms with Crippen LogP contribution in [0.3, 0.4) is 0 Å². The molecule has 62 valence electrons. The van der Waals surface area contributed by atoms with Crippen LogP contribution in [0.1, 0.15) is 16.3 Å². The first-order chi connectivity index (χ1) is 5.70. The molecule has 1 aromatic heterocycles. The first-order valence-corrected chi connectivity index (χ1v) is 3.41. The molecule has 0 aliphatic rings. The first kappa shape index (κ1) is 8.34. The maximum atomic E-state index is 11.1. The Labute approximate surface area is 70.6 Å². The summed E-state index contributed by atoms with van der Waals surface area (Å²) in [6.45, 7) is 0. The molecular weight excluding hydrogens is 154 g/mol. The molecule has 4 nitrogen and oxygen atoms in total. The Morgan fingerprint density at radius 1 is 1.83 bits per heavy atom. The van der Waals surface area contributed by atoms with Crippen LogP contribution in [0.5, 0.6) is 0 Å². The number of nitrogens with zero attached hydrogens (tertiary/aromatic N) is 2. The van der Waals surface area contributed by atoms with Gasteiger partial charge in [0.05, 0.1) is 6.20 Å². The number of imidazole rings is 1. The Kier molecular flexibility index (Phi) is 2.15. The van der Waals surface area contributed by atoms with E-state index in [1.807, 2.05) is 0 Å². The van der Waals surface area contributed by atoms with Crippen molar-refractivity contribution in [3.63, 3.8) is 0 Å². The number of terminal acetylenes is 1. The number of hydrogen-bond donors (Lipinski definition) is 1. The van der Waals surface area contributed by atoms with Crippen LogP contribution >= 0.6 is 0 Å². The van der Waals surface area contributed by atoms with Gasteiger partial charge in [0.1, 0.15) is 5.69 Å². The quantitative estimate of drug-likeness (QED) is 0.581. The molecule has 0 spiro atoms. The van der Waals surface area contributed by atoms with E-state index in [9.17, 15) is 4.79 Å². The second kappa shape index (κ2) is 3.09. The van der Waals surface area contributed by atoms with E-state index >= 15 is 0 Å². The average molecular weight is 163 g/mol. The zero-order valence-electron chi connectivity index (χ0n) is 6.96. The SMILES string of the molecule is C#Cc1cnc(C(=O)NC)n1C. The normalized spacial score (nSPS) is 9.08. The summed E-state index contributed by atoms with van der Waals surface area (Å²) in [6, 6.07) is 0. The minimum Gasteiger partial charge on any atom is -0.352 e. The fraction of sp³-hybridized carbons (Fsp3) is 0.250. The largest absolute Gasteiger partial charge is 0.352 e. The molecule has 0 radical (unpaired) electrons. The van der Waals surface area contributed by atoms with E-state index in [1.165, 1.54) is 6.20 Å². The van der Waals surface area contributed by atoms with Gasteiger partial charge in [-0.2, -0.15) is 0 Å².